The Morgan fingerprint density at radius 2 is 1.71 bits per heavy atom. The van der Waals surface area contributed by atoms with Gasteiger partial charge in [0.1, 0.15) is 11.5 Å². The fourth-order valence-electron chi connectivity index (χ4n) is 3.57. The van der Waals surface area contributed by atoms with Crippen molar-refractivity contribution >= 4 is 0 Å². The summed E-state index contributed by atoms with van der Waals surface area (Å²) in [5, 5.41) is 14.8. The molecule has 6 nitrogen and oxygen atoms in total. The van der Waals surface area contributed by atoms with Crippen LogP contribution in [-0.4, -0.2) is 32.4 Å². The zero-order valence-corrected chi connectivity index (χ0v) is 17.8. The van der Waals surface area contributed by atoms with Crippen molar-refractivity contribution in [2.45, 2.75) is 33.0 Å². The molecule has 4 aromatic rings. The summed E-state index contributed by atoms with van der Waals surface area (Å²) >= 11 is 0. The lowest BCUT2D eigenvalue weighted by Gasteiger charge is -2.23. The highest BCUT2D eigenvalue weighted by Crippen LogP contribution is 2.32. The third kappa shape index (κ3) is 5.23. The molecule has 0 amide bonds. The molecule has 2 heterocycles. The molecule has 160 valence electrons. The monoisotopic (exact) mass is 417 g/mol. The average Bonchev–Trinajstić information content (AvgIpc) is 3.38. The second kappa shape index (κ2) is 9.64. The third-order valence-corrected chi connectivity index (χ3v) is 4.96. The maximum Gasteiger partial charge on any atom is 0.227 e. The Bertz CT molecular complexity index is 1070. The van der Waals surface area contributed by atoms with Crippen molar-refractivity contribution in [1.82, 2.24) is 14.7 Å². The van der Waals surface area contributed by atoms with Gasteiger partial charge in [0.2, 0.25) is 5.88 Å². The Morgan fingerprint density at radius 3 is 2.35 bits per heavy atom. The second-order valence-corrected chi connectivity index (χ2v) is 7.63. The van der Waals surface area contributed by atoms with E-state index in [1.165, 1.54) is 0 Å². The average molecular weight is 418 g/mol. The van der Waals surface area contributed by atoms with Gasteiger partial charge in [-0.05, 0) is 50.2 Å². The zero-order valence-electron chi connectivity index (χ0n) is 17.8. The molecular weight excluding hydrogens is 390 g/mol. The van der Waals surface area contributed by atoms with Crippen molar-refractivity contribution in [3.63, 3.8) is 0 Å². The molecule has 31 heavy (non-hydrogen) atoms. The highest BCUT2D eigenvalue weighted by molar-refractivity contribution is 5.43. The van der Waals surface area contributed by atoms with Crippen LogP contribution < -0.4 is 4.74 Å². The fourth-order valence-corrected chi connectivity index (χ4v) is 3.57. The molecule has 0 aliphatic rings. The van der Waals surface area contributed by atoms with Crippen LogP contribution in [0.2, 0.25) is 0 Å². The smallest absolute Gasteiger partial charge is 0.227 e. The molecule has 0 spiro atoms. The van der Waals surface area contributed by atoms with E-state index in [1.54, 1.807) is 13.2 Å². The normalized spacial score (nSPS) is 12.3. The van der Waals surface area contributed by atoms with E-state index in [9.17, 15) is 5.11 Å². The number of aliphatic hydroxyl groups excluding tert-OH is 1. The number of aromatic nitrogens is 2. The van der Waals surface area contributed by atoms with Crippen LogP contribution in [0.15, 0.2) is 83.5 Å². The zero-order chi connectivity index (χ0) is 21.6. The molecule has 0 radical (unpaired) electrons. The van der Waals surface area contributed by atoms with Gasteiger partial charge < -0.3 is 14.3 Å². The number of hydrogen-bond donors (Lipinski definition) is 1. The lowest BCUT2D eigenvalue weighted by molar-refractivity contribution is 0.112. The van der Waals surface area contributed by atoms with Crippen LogP contribution in [0.25, 0.3) is 5.69 Å². The maximum absolute atomic E-state index is 10.1. The molecule has 0 bridgehead atoms. The van der Waals surface area contributed by atoms with Gasteiger partial charge in [0.05, 0.1) is 35.9 Å². The third-order valence-electron chi connectivity index (χ3n) is 4.96. The SMILES string of the molecule is Cc1nn(-c2ccccc2)c(Oc2ccccc2)c1CN(Cc1ccco1)C[C@H](C)O. The van der Waals surface area contributed by atoms with Crippen LogP contribution in [0.1, 0.15) is 23.9 Å². The summed E-state index contributed by atoms with van der Waals surface area (Å²) in [5.41, 5.74) is 2.78. The number of benzene rings is 2. The largest absolute Gasteiger partial charge is 0.468 e. The van der Waals surface area contributed by atoms with Gasteiger partial charge in [0.25, 0.3) is 0 Å². The molecule has 4 rings (SSSR count). The Morgan fingerprint density at radius 1 is 1.00 bits per heavy atom. The van der Waals surface area contributed by atoms with E-state index < -0.39 is 6.10 Å². The van der Waals surface area contributed by atoms with E-state index in [0.717, 1.165) is 28.5 Å². The van der Waals surface area contributed by atoms with Crippen LogP contribution in [0.4, 0.5) is 0 Å². The molecule has 2 aromatic carbocycles. The first-order valence-electron chi connectivity index (χ1n) is 10.4. The predicted octanol–water partition coefficient (Wildman–Crippen LogP) is 4.95. The molecule has 0 saturated heterocycles. The standard InChI is InChI=1S/C25H27N3O3/c1-19(29)16-27(17-23-14-9-15-30-23)18-24-20(2)26-28(21-10-5-3-6-11-21)25(24)31-22-12-7-4-8-13-22/h3-15,19,29H,16-18H2,1-2H3/t19-/m0/s1. The fraction of sp³-hybridized carbons (Fsp3) is 0.240. The Balaban J connectivity index is 1.71. The van der Waals surface area contributed by atoms with E-state index >= 15 is 0 Å². The molecule has 0 aliphatic heterocycles. The Kier molecular flexibility index (Phi) is 6.50. The van der Waals surface area contributed by atoms with Crippen molar-refractivity contribution in [3.05, 3.63) is 96.1 Å². The van der Waals surface area contributed by atoms with Crippen molar-refractivity contribution in [2.24, 2.45) is 0 Å². The van der Waals surface area contributed by atoms with Gasteiger partial charge in [-0.1, -0.05) is 36.4 Å². The summed E-state index contributed by atoms with van der Waals surface area (Å²) < 4.78 is 13.7. The van der Waals surface area contributed by atoms with Gasteiger partial charge >= 0.3 is 0 Å². The van der Waals surface area contributed by atoms with E-state index in [1.807, 2.05) is 84.4 Å². The molecule has 0 saturated carbocycles. The maximum atomic E-state index is 10.1. The highest BCUT2D eigenvalue weighted by Gasteiger charge is 2.22. The van der Waals surface area contributed by atoms with Crippen molar-refractivity contribution < 1.29 is 14.3 Å². The summed E-state index contributed by atoms with van der Waals surface area (Å²) in [4.78, 5) is 2.14. The quantitative estimate of drug-likeness (QED) is 0.417. The van der Waals surface area contributed by atoms with E-state index in [4.69, 9.17) is 14.3 Å². The summed E-state index contributed by atoms with van der Waals surface area (Å²) in [6.45, 7) is 5.42. The number of nitrogens with zero attached hydrogens (tertiary/aromatic N) is 3. The molecular formula is C25H27N3O3. The van der Waals surface area contributed by atoms with Gasteiger partial charge in [-0.2, -0.15) is 5.10 Å². The number of rotatable bonds is 9. The van der Waals surface area contributed by atoms with Gasteiger partial charge in [-0.3, -0.25) is 4.90 Å². The second-order valence-electron chi connectivity index (χ2n) is 7.63. The first-order valence-corrected chi connectivity index (χ1v) is 10.4. The van der Waals surface area contributed by atoms with E-state index in [0.29, 0.717) is 25.5 Å². The summed E-state index contributed by atoms with van der Waals surface area (Å²) in [5.74, 6) is 2.26. The number of hydrogen-bond acceptors (Lipinski definition) is 5. The van der Waals surface area contributed by atoms with Gasteiger partial charge in [-0.15, -0.1) is 0 Å². The van der Waals surface area contributed by atoms with E-state index in [-0.39, 0.29) is 0 Å². The van der Waals surface area contributed by atoms with Gasteiger partial charge in [0, 0.05) is 13.1 Å². The lowest BCUT2D eigenvalue weighted by Crippen LogP contribution is -2.30. The summed E-state index contributed by atoms with van der Waals surface area (Å²) in [6, 6.07) is 23.5. The lowest BCUT2D eigenvalue weighted by atomic mass is 10.2. The van der Waals surface area contributed by atoms with Gasteiger partial charge in [0.15, 0.2) is 0 Å². The van der Waals surface area contributed by atoms with Crippen LogP contribution in [-0.2, 0) is 13.1 Å². The van der Waals surface area contributed by atoms with Crippen molar-refractivity contribution in [2.75, 3.05) is 6.54 Å². The molecule has 0 fully saturated rings. The predicted molar refractivity (Wildman–Crippen MR) is 119 cm³/mol. The molecule has 0 unspecified atom stereocenters. The van der Waals surface area contributed by atoms with Gasteiger partial charge in [-0.25, -0.2) is 4.68 Å². The number of aryl methyl sites for hydroxylation is 1. The van der Waals surface area contributed by atoms with E-state index in [2.05, 4.69) is 4.90 Å². The minimum absolute atomic E-state index is 0.474. The highest BCUT2D eigenvalue weighted by atomic mass is 16.5. The molecule has 1 atom stereocenters. The van der Waals surface area contributed by atoms with Crippen LogP contribution in [0, 0.1) is 6.92 Å². The summed E-state index contributed by atoms with van der Waals surface area (Å²) in [6.07, 6.45) is 1.19. The minimum atomic E-state index is -0.474. The molecule has 0 aliphatic carbocycles. The van der Waals surface area contributed by atoms with Crippen molar-refractivity contribution in [3.8, 4) is 17.3 Å². The first-order chi connectivity index (χ1) is 15.1. The molecule has 6 heteroatoms. The number of furan rings is 1. The van der Waals surface area contributed by atoms with Crippen LogP contribution in [0.3, 0.4) is 0 Å². The molecule has 1 N–H and O–H groups in total. The number of ether oxygens (including phenoxy) is 1. The molecule has 2 aromatic heterocycles. The minimum Gasteiger partial charge on any atom is -0.468 e. The van der Waals surface area contributed by atoms with Crippen LogP contribution in [0.5, 0.6) is 11.6 Å². The number of para-hydroxylation sites is 2. The van der Waals surface area contributed by atoms with Crippen molar-refractivity contribution in [1.29, 1.82) is 0 Å². The summed E-state index contributed by atoms with van der Waals surface area (Å²) in [7, 11) is 0. The number of aliphatic hydroxyl groups is 1. The van der Waals surface area contributed by atoms with Crippen LogP contribution >= 0.6 is 0 Å². The first kappa shape index (κ1) is 20.9. The topological polar surface area (TPSA) is 63.7 Å². The Labute approximate surface area is 182 Å². The Hall–Kier alpha value is -3.35.